The Morgan fingerprint density at radius 3 is 2.00 bits per heavy atom. The van der Waals surface area contributed by atoms with E-state index in [0.29, 0.717) is 40.7 Å². The van der Waals surface area contributed by atoms with Crippen molar-refractivity contribution in [3.05, 3.63) is 75.8 Å². The van der Waals surface area contributed by atoms with Crippen LogP contribution in [0.15, 0.2) is 59.1 Å². The van der Waals surface area contributed by atoms with Gasteiger partial charge in [0.15, 0.2) is 23.0 Å². The van der Waals surface area contributed by atoms with Crippen LogP contribution in [0.5, 0.6) is 28.7 Å². The van der Waals surface area contributed by atoms with E-state index in [1.165, 1.54) is 0 Å². The summed E-state index contributed by atoms with van der Waals surface area (Å²) in [5.74, 6) is 2.45. The van der Waals surface area contributed by atoms with Gasteiger partial charge in [-0.05, 0) is 48.4 Å². The van der Waals surface area contributed by atoms with Crippen molar-refractivity contribution in [2.24, 2.45) is 0 Å². The number of carbonyl (C=O) groups excluding carboxylic acids is 1. The second-order valence-corrected chi connectivity index (χ2v) is 8.17. The van der Waals surface area contributed by atoms with Gasteiger partial charge < -0.3 is 29.0 Å². The first-order chi connectivity index (χ1) is 16.5. The van der Waals surface area contributed by atoms with Crippen molar-refractivity contribution >= 4 is 21.8 Å². The number of ether oxygens (including phenoxy) is 5. The van der Waals surface area contributed by atoms with Crippen molar-refractivity contribution < 1.29 is 28.5 Å². The van der Waals surface area contributed by atoms with E-state index in [-0.39, 0.29) is 5.91 Å². The van der Waals surface area contributed by atoms with E-state index in [1.807, 2.05) is 36.4 Å². The van der Waals surface area contributed by atoms with Gasteiger partial charge in [0.25, 0.3) is 5.91 Å². The molecule has 0 aliphatic heterocycles. The van der Waals surface area contributed by atoms with Gasteiger partial charge in [-0.25, -0.2) is 0 Å². The molecule has 1 atom stereocenters. The summed E-state index contributed by atoms with van der Waals surface area (Å²) in [5.41, 5.74) is 2.21. The Morgan fingerprint density at radius 2 is 1.41 bits per heavy atom. The second kappa shape index (κ2) is 11.7. The van der Waals surface area contributed by atoms with Gasteiger partial charge in [-0.1, -0.05) is 34.1 Å². The summed E-state index contributed by atoms with van der Waals surface area (Å²) in [6.45, 7) is 0. The van der Waals surface area contributed by atoms with E-state index in [2.05, 4.69) is 21.2 Å². The molecule has 180 valence electrons. The van der Waals surface area contributed by atoms with Crippen molar-refractivity contribution in [2.45, 2.75) is 12.5 Å². The molecule has 3 rings (SSSR count). The zero-order valence-corrected chi connectivity index (χ0v) is 21.4. The minimum absolute atomic E-state index is 0.209. The number of carbonyl (C=O) groups is 1. The fraction of sp³-hybridized carbons (Fsp3) is 0.269. The molecule has 0 aromatic heterocycles. The first-order valence-corrected chi connectivity index (χ1v) is 11.3. The van der Waals surface area contributed by atoms with Gasteiger partial charge in [0.05, 0.1) is 41.6 Å². The van der Waals surface area contributed by atoms with Crippen molar-refractivity contribution in [2.75, 3.05) is 35.5 Å². The number of hydrogen-bond donors (Lipinski definition) is 1. The van der Waals surface area contributed by atoms with Gasteiger partial charge >= 0.3 is 0 Å². The Morgan fingerprint density at radius 1 is 0.794 bits per heavy atom. The fourth-order valence-electron chi connectivity index (χ4n) is 3.74. The molecule has 0 fully saturated rings. The van der Waals surface area contributed by atoms with Crippen molar-refractivity contribution in [3.63, 3.8) is 0 Å². The summed E-state index contributed by atoms with van der Waals surface area (Å²) in [5, 5.41) is 3.15. The molecule has 8 heteroatoms. The summed E-state index contributed by atoms with van der Waals surface area (Å²) in [4.78, 5) is 13.1. The summed E-state index contributed by atoms with van der Waals surface area (Å²) >= 11 is 3.63. The number of nitrogens with one attached hydrogen (secondary N) is 1. The lowest BCUT2D eigenvalue weighted by Gasteiger charge is -2.24. The largest absolute Gasteiger partial charge is 0.493 e. The highest BCUT2D eigenvalue weighted by Gasteiger charge is 2.26. The zero-order valence-electron chi connectivity index (χ0n) is 19.8. The van der Waals surface area contributed by atoms with Crippen LogP contribution in [0, 0.1) is 0 Å². The number of methoxy groups -OCH3 is 5. The van der Waals surface area contributed by atoms with Crippen LogP contribution in [0.3, 0.4) is 0 Å². The number of rotatable bonds is 10. The molecule has 0 aliphatic carbocycles. The van der Waals surface area contributed by atoms with Crippen LogP contribution in [0.25, 0.3) is 0 Å². The molecule has 3 aromatic rings. The van der Waals surface area contributed by atoms with Gasteiger partial charge in [0, 0.05) is 15.6 Å². The van der Waals surface area contributed by atoms with Crippen LogP contribution in [-0.4, -0.2) is 41.5 Å². The summed E-state index contributed by atoms with van der Waals surface area (Å²) < 4.78 is 28.4. The minimum atomic E-state index is -0.461. The van der Waals surface area contributed by atoms with Crippen molar-refractivity contribution in [1.29, 1.82) is 0 Å². The normalized spacial score (nSPS) is 11.4. The molecule has 0 spiro atoms. The Hall–Kier alpha value is -3.39. The maximum Gasteiger partial charge on any atom is 0.251 e. The van der Waals surface area contributed by atoms with Gasteiger partial charge in [0.2, 0.25) is 5.75 Å². The quantitative estimate of drug-likeness (QED) is 0.388. The average Bonchev–Trinajstić information content (AvgIpc) is 2.88. The van der Waals surface area contributed by atoms with E-state index in [1.54, 1.807) is 53.7 Å². The smallest absolute Gasteiger partial charge is 0.251 e. The third-order valence-corrected chi connectivity index (χ3v) is 6.17. The Balaban J connectivity index is 2.10. The summed E-state index contributed by atoms with van der Waals surface area (Å²) in [6.07, 6.45) is 0.436. The summed E-state index contributed by atoms with van der Waals surface area (Å²) in [6, 6.07) is 16.0. The molecule has 0 heterocycles. The van der Waals surface area contributed by atoms with Crippen LogP contribution >= 0.6 is 15.9 Å². The maximum absolute atomic E-state index is 13.1. The van der Waals surface area contributed by atoms with Crippen LogP contribution in [0.4, 0.5) is 0 Å². The van der Waals surface area contributed by atoms with E-state index in [0.717, 1.165) is 15.6 Å². The third kappa shape index (κ3) is 5.39. The fourth-order valence-corrected chi connectivity index (χ4v) is 4.23. The van der Waals surface area contributed by atoms with Gasteiger partial charge in [-0.15, -0.1) is 0 Å². The highest BCUT2D eigenvalue weighted by Crippen LogP contribution is 2.43. The Kier molecular flexibility index (Phi) is 8.65. The molecule has 0 saturated carbocycles. The summed E-state index contributed by atoms with van der Waals surface area (Å²) in [7, 11) is 7.84. The zero-order chi connectivity index (χ0) is 24.7. The van der Waals surface area contributed by atoms with E-state index < -0.39 is 6.04 Å². The van der Waals surface area contributed by atoms with Crippen LogP contribution in [-0.2, 0) is 6.42 Å². The SMILES string of the molecule is COc1cc(Br)c(C[C@@H](NC(=O)c2ccccc2)c2ccc(OC)c(OC)c2OC)cc1OC. The molecule has 1 N–H and O–H groups in total. The molecule has 0 aliphatic rings. The van der Waals surface area contributed by atoms with Gasteiger partial charge in [-0.3, -0.25) is 4.79 Å². The predicted octanol–water partition coefficient (Wildman–Crippen LogP) is 5.21. The third-order valence-electron chi connectivity index (χ3n) is 5.43. The van der Waals surface area contributed by atoms with E-state index in [9.17, 15) is 4.79 Å². The maximum atomic E-state index is 13.1. The molecule has 0 saturated heterocycles. The number of hydrogen-bond acceptors (Lipinski definition) is 6. The van der Waals surface area contributed by atoms with Crippen molar-refractivity contribution in [3.8, 4) is 28.7 Å². The van der Waals surface area contributed by atoms with Crippen LogP contribution in [0.2, 0.25) is 0 Å². The highest BCUT2D eigenvalue weighted by molar-refractivity contribution is 9.10. The lowest BCUT2D eigenvalue weighted by atomic mass is 9.96. The first kappa shape index (κ1) is 25.2. The topological polar surface area (TPSA) is 75.3 Å². The standard InChI is InChI=1S/C26H28BrNO6/c1-30-21-12-11-18(24(33-4)25(21)34-5)20(28-26(29)16-9-7-6-8-10-16)13-17-14-22(31-2)23(32-3)15-19(17)27/h6-12,14-15,20H,13H2,1-5H3,(H,28,29)/t20-/m1/s1. The lowest BCUT2D eigenvalue weighted by molar-refractivity contribution is 0.0936. The number of amides is 1. The van der Waals surface area contributed by atoms with Crippen molar-refractivity contribution in [1.82, 2.24) is 5.32 Å². The minimum Gasteiger partial charge on any atom is -0.493 e. The lowest BCUT2D eigenvalue weighted by Crippen LogP contribution is -2.30. The molecular formula is C26H28BrNO6. The molecule has 3 aromatic carbocycles. The van der Waals surface area contributed by atoms with Crippen LogP contribution in [0.1, 0.15) is 27.5 Å². The molecule has 0 unspecified atom stereocenters. The molecule has 34 heavy (non-hydrogen) atoms. The monoisotopic (exact) mass is 529 g/mol. The Bertz CT molecular complexity index is 1140. The Labute approximate surface area is 208 Å². The molecule has 0 bridgehead atoms. The molecule has 1 amide bonds. The number of benzene rings is 3. The molecular weight excluding hydrogens is 502 g/mol. The number of halogens is 1. The molecule has 7 nitrogen and oxygen atoms in total. The van der Waals surface area contributed by atoms with Gasteiger partial charge in [0.1, 0.15) is 0 Å². The second-order valence-electron chi connectivity index (χ2n) is 7.32. The highest BCUT2D eigenvalue weighted by atomic mass is 79.9. The van der Waals surface area contributed by atoms with E-state index >= 15 is 0 Å². The van der Waals surface area contributed by atoms with Gasteiger partial charge in [-0.2, -0.15) is 0 Å². The average molecular weight is 530 g/mol. The van der Waals surface area contributed by atoms with E-state index in [4.69, 9.17) is 23.7 Å². The predicted molar refractivity (Wildman–Crippen MR) is 134 cm³/mol. The first-order valence-electron chi connectivity index (χ1n) is 10.5. The van der Waals surface area contributed by atoms with Crippen LogP contribution < -0.4 is 29.0 Å². The molecule has 0 radical (unpaired) electrons.